The second kappa shape index (κ2) is 6.95. The fourth-order valence-corrected chi connectivity index (χ4v) is 2.83. The lowest BCUT2D eigenvalue weighted by molar-refractivity contribution is -0.137. The number of carbonyl (C=O) groups excluding carboxylic acids is 1. The van der Waals surface area contributed by atoms with E-state index in [0.29, 0.717) is 0 Å². The number of amides is 1. The lowest BCUT2D eigenvalue weighted by Crippen LogP contribution is -2.49. The van der Waals surface area contributed by atoms with E-state index in [1.54, 1.807) is 20.8 Å². The van der Waals surface area contributed by atoms with Gasteiger partial charge in [0.15, 0.2) is 0 Å². The van der Waals surface area contributed by atoms with Crippen molar-refractivity contribution in [2.75, 3.05) is 18.6 Å². The van der Waals surface area contributed by atoms with E-state index >= 15 is 0 Å². The van der Waals surface area contributed by atoms with Crippen LogP contribution in [0.5, 0.6) is 0 Å². The molecular weight excluding hydrogens is 324 g/mol. The van der Waals surface area contributed by atoms with Gasteiger partial charge in [0.2, 0.25) is 5.91 Å². The molecule has 0 aliphatic rings. The average Bonchev–Trinajstić information content (AvgIpc) is 2.35. The van der Waals surface area contributed by atoms with Gasteiger partial charge in [0.25, 0.3) is 0 Å². The number of carbonyl (C=O) groups is 1. The highest BCUT2D eigenvalue weighted by atomic mass is 32.2. The molecule has 0 N–H and O–H groups in total. The molecule has 1 aromatic rings. The predicted molar refractivity (Wildman–Crippen MR) is 85.9 cm³/mol. The highest BCUT2D eigenvalue weighted by Crippen LogP contribution is 2.27. The molecule has 1 atom stereocenters. The van der Waals surface area contributed by atoms with Crippen LogP contribution in [-0.2, 0) is 14.6 Å². The number of nitrogens with zero attached hydrogens (tertiary/aromatic N) is 1. The third-order valence-electron chi connectivity index (χ3n) is 3.56. The molecule has 0 aromatic heterocycles. The van der Waals surface area contributed by atoms with Gasteiger partial charge >= 0.3 is 0 Å². The summed E-state index contributed by atoms with van der Waals surface area (Å²) in [7, 11) is -3.26. The van der Waals surface area contributed by atoms with E-state index in [2.05, 4.69) is 0 Å². The number of rotatable bonds is 5. The first-order valence-corrected chi connectivity index (χ1v) is 9.34. The Kier molecular flexibility index (Phi) is 5.90. The van der Waals surface area contributed by atoms with Crippen molar-refractivity contribution in [2.24, 2.45) is 0 Å². The van der Waals surface area contributed by atoms with Crippen LogP contribution < -0.4 is 0 Å². The van der Waals surface area contributed by atoms with Gasteiger partial charge in [-0.05, 0) is 39.8 Å². The summed E-state index contributed by atoms with van der Waals surface area (Å²) in [6.07, 6.45) is 1.08. The van der Waals surface area contributed by atoms with Gasteiger partial charge in [-0.15, -0.1) is 0 Å². The Hall–Kier alpha value is -1.50. The maximum Gasteiger partial charge on any atom is 0.230 e. The van der Waals surface area contributed by atoms with Gasteiger partial charge in [-0.1, -0.05) is 6.07 Å². The van der Waals surface area contributed by atoms with Crippen molar-refractivity contribution in [1.82, 2.24) is 4.90 Å². The molecule has 1 amide bonds. The predicted octanol–water partition coefficient (Wildman–Crippen LogP) is 2.74. The molecule has 0 fully saturated rings. The lowest BCUT2D eigenvalue weighted by atomic mass is 9.95. The molecule has 130 valence electrons. The minimum Gasteiger partial charge on any atom is -0.336 e. The van der Waals surface area contributed by atoms with Crippen LogP contribution in [-0.4, -0.2) is 43.3 Å². The van der Waals surface area contributed by atoms with Crippen LogP contribution in [0.2, 0.25) is 0 Å². The lowest BCUT2D eigenvalue weighted by Gasteiger charge is -2.37. The Morgan fingerprint density at radius 1 is 1.22 bits per heavy atom. The number of hydrogen-bond acceptors (Lipinski definition) is 3. The summed E-state index contributed by atoms with van der Waals surface area (Å²) >= 11 is 0. The van der Waals surface area contributed by atoms with Crippen LogP contribution >= 0.6 is 0 Å². The van der Waals surface area contributed by atoms with Crippen molar-refractivity contribution >= 4 is 15.7 Å². The second-order valence-electron chi connectivity index (χ2n) is 6.65. The van der Waals surface area contributed by atoms with E-state index < -0.39 is 38.8 Å². The normalized spacial score (nSPS) is 13.7. The Balaban J connectivity index is 3.14. The van der Waals surface area contributed by atoms with Gasteiger partial charge in [0.1, 0.15) is 21.5 Å². The van der Waals surface area contributed by atoms with Crippen LogP contribution in [0.15, 0.2) is 18.2 Å². The molecule has 0 unspecified atom stereocenters. The Morgan fingerprint density at radius 3 is 2.09 bits per heavy atom. The third-order valence-corrected chi connectivity index (χ3v) is 4.49. The topological polar surface area (TPSA) is 54.5 Å². The van der Waals surface area contributed by atoms with Crippen LogP contribution in [0.1, 0.15) is 39.2 Å². The molecule has 0 bridgehead atoms. The van der Waals surface area contributed by atoms with Crippen LogP contribution in [0.3, 0.4) is 0 Å². The monoisotopic (exact) mass is 347 g/mol. The molecule has 1 aromatic carbocycles. The van der Waals surface area contributed by atoms with Crippen molar-refractivity contribution < 1.29 is 22.0 Å². The fraction of sp³-hybridized carbons (Fsp3) is 0.562. The van der Waals surface area contributed by atoms with Gasteiger partial charge in [0.05, 0.1) is 11.7 Å². The molecule has 7 heteroatoms. The molecule has 0 spiro atoms. The summed E-state index contributed by atoms with van der Waals surface area (Å²) in [5, 5.41) is 0. The van der Waals surface area contributed by atoms with Gasteiger partial charge in [-0.2, -0.15) is 0 Å². The molecular formula is C16H23F2NO3S. The van der Waals surface area contributed by atoms with E-state index in [1.165, 1.54) is 17.9 Å². The van der Waals surface area contributed by atoms with E-state index in [-0.39, 0.29) is 17.9 Å². The largest absolute Gasteiger partial charge is 0.336 e. The zero-order valence-electron chi connectivity index (χ0n) is 14.1. The van der Waals surface area contributed by atoms with Crippen molar-refractivity contribution in [2.45, 2.75) is 39.2 Å². The van der Waals surface area contributed by atoms with E-state index in [4.69, 9.17) is 0 Å². The second-order valence-corrected chi connectivity index (χ2v) is 8.91. The van der Waals surface area contributed by atoms with Gasteiger partial charge in [0, 0.05) is 23.9 Å². The van der Waals surface area contributed by atoms with Crippen molar-refractivity contribution in [3.63, 3.8) is 0 Å². The number of halogens is 2. The average molecular weight is 347 g/mol. The van der Waals surface area contributed by atoms with Gasteiger partial charge in [-0.3, -0.25) is 4.79 Å². The maximum absolute atomic E-state index is 13.9. The van der Waals surface area contributed by atoms with E-state index in [1.807, 2.05) is 0 Å². The Bertz CT molecular complexity index is 661. The highest BCUT2D eigenvalue weighted by molar-refractivity contribution is 7.90. The van der Waals surface area contributed by atoms with Crippen molar-refractivity contribution in [3.05, 3.63) is 35.4 Å². The van der Waals surface area contributed by atoms with Gasteiger partial charge < -0.3 is 4.90 Å². The molecule has 0 saturated carbocycles. The number of benzene rings is 1. The molecule has 0 radical (unpaired) electrons. The fourth-order valence-electron chi connectivity index (χ4n) is 2.31. The number of sulfone groups is 1. The molecule has 23 heavy (non-hydrogen) atoms. The smallest absolute Gasteiger partial charge is 0.230 e. The van der Waals surface area contributed by atoms with Crippen molar-refractivity contribution in [3.8, 4) is 0 Å². The van der Waals surface area contributed by atoms with Gasteiger partial charge in [-0.25, -0.2) is 17.2 Å². The summed E-state index contributed by atoms with van der Waals surface area (Å²) in [4.78, 5) is 14.1. The van der Waals surface area contributed by atoms with Crippen LogP contribution in [0.4, 0.5) is 8.78 Å². The quantitative estimate of drug-likeness (QED) is 0.823. The molecule has 0 aliphatic heterocycles. The van der Waals surface area contributed by atoms with E-state index in [0.717, 1.165) is 18.4 Å². The maximum atomic E-state index is 13.9. The minimum absolute atomic E-state index is 0.0262. The Labute approximate surface area is 136 Å². The van der Waals surface area contributed by atoms with Crippen LogP contribution in [0, 0.1) is 11.6 Å². The molecule has 0 aliphatic carbocycles. The molecule has 1 rings (SSSR count). The standard InChI is InChI=1S/C16H23F2NO3S/c1-11(14-12(17)7-6-8-13(14)18)15(20)19(16(2,3)4)9-10-23(5,21)22/h6-8,11H,9-10H2,1-5H3/t11-/m1/s1. The zero-order valence-corrected chi connectivity index (χ0v) is 14.9. The molecule has 0 heterocycles. The van der Waals surface area contributed by atoms with Crippen molar-refractivity contribution in [1.29, 1.82) is 0 Å². The zero-order chi connectivity index (χ0) is 18.0. The Morgan fingerprint density at radius 2 is 1.70 bits per heavy atom. The highest BCUT2D eigenvalue weighted by Gasteiger charge is 2.33. The van der Waals surface area contributed by atoms with Crippen LogP contribution in [0.25, 0.3) is 0 Å². The summed E-state index contributed by atoms with van der Waals surface area (Å²) in [5.41, 5.74) is -0.969. The summed E-state index contributed by atoms with van der Waals surface area (Å²) in [6.45, 7) is 6.64. The summed E-state index contributed by atoms with van der Waals surface area (Å²) in [6, 6.07) is 3.43. The minimum atomic E-state index is -3.26. The SMILES string of the molecule is C[C@@H](C(=O)N(CCS(C)(=O)=O)C(C)(C)C)c1c(F)cccc1F. The number of hydrogen-bond donors (Lipinski definition) is 0. The first-order valence-electron chi connectivity index (χ1n) is 7.27. The molecule has 4 nitrogen and oxygen atoms in total. The van der Waals surface area contributed by atoms with E-state index in [9.17, 15) is 22.0 Å². The summed E-state index contributed by atoms with van der Waals surface area (Å²) in [5.74, 6) is -3.34. The first-order chi connectivity index (χ1) is 10.3. The molecule has 0 saturated heterocycles. The first kappa shape index (κ1) is 19.5. The third kappa shape index (κ3) is 5.27. The summed E-state index contributed by atoms with van der Waals surface area (Å²) < 4.78 is 50.5.